The van der Waals surface area contributed by atoms with Gasteiger partial charge in [-0.15, -0.1) is 0 Å². The highest BCUT2D eigenvalue weighted by Gasteiger charge is 2.45. The highest BCUT2D eigenvalue weighted by molar-refractivity contribution is 6.31. The Morgan fingerprint density at radius 2 is 2.25 bits per heavy atom. The van der Waals surface area contributed by atoms with E-state index >= 15 is 0 Å². The minimum absolute atomic E-state index is 0.428. The summed E-state index contributed by atoms with van der Waals surface area (Å²) in [6, 6.07) is 6.40. The zero-order valence-corrected chi connectivity index (χ0v) is 10.6. The highest BCUT2D eigenvalue weighted by Crippen LogP contribution is 2.53. The maximum atomic E-state index is 6.35. The van der Waals surface area contributed by atoms with Crippen molar-refractivity contribution in [3.63, 3.8) is 0 Å². The van der Waals surface area contributed by atoms with Gasteiger partial charge in [-0.2, -0.15) is 0 Å². The molecule has 16 heavy (non-hydrogen) atoms. The molecule has 1 fully saturated rings. The van der Waals surface area contributed by atoms with E-state index in [1.54, 1.807) is 0 Å². The van der Waals surface area contributed by atoms with Crippen molar-refractivity contribution < 1.29 is 0 Å². The van der Waals surface area contributed by atoms with Crippen molar-refractivity contribution in [3.05, 3.63) is 34.3 Å². The van der Waals surface area contributed by atoms with E-state index in [1.165, 1.54) is 17.5 Å². The lowest BCUT2D eigenvalue weighted by Crippen LogP contribution is -2.32. The fraction of sp³-hybridized carbons (Fsp3) is 0.571. The van der Waals surface area contributed by atoms with Gasteiger partial charge in [-0.25, -0.2) is 0 Å². The lowest BCUT2D eigenvalue weighted by atomic mass is 9.63. The van der Waals surface area contributed by atoms with E-state index in [4.69, 9.17) is 11.6 Å². The Bertz CT molecular complexity index is 429. The molecule has 1 aromatic rings. The molecule has 2 heteroatoms. The minimum Gasteiger partial charge on any atom is -0.316 e. The van der Waals surface area contributed by atoms with Crippen molar-refractivity contribution in [3.8, 4) is 0 Å². The molecule has 2 aliphatic rings. The van der Waals surface area contributed by atoms with Crippen LogP contribution in [0.4, 0.5) is 0 Å². The van der Waals surface area contributed by atoms with Crippen LogP contribution in [0, 0.1) is 5.41 Å². The third kappa shape index (κ3) is 1.34. The molecular weight excluding hydrogens is 218 g/mol. The smallest absolute Gasteiger partial charge is 0.0443 e. The third-order valence-corrected chi connectivity index (χ3v) is 4.78. The van der Waals surface area contributed by atoms with Crippen molar-refractivity contribution in [1.29, 1.82) is 0 Å². The Balaban J connectivity index is 2.18. The van der Waals surface area contributed by atoms with Crippen molar-refractivity contribution in [2.24, 2.45) is 5.41 Å². The second-order valence-corrected chi connectivity index (χ2v) is 6.09. The highest BCUT2D eigenvalue weighted by atomic mass is 35.5. The maximum absolute atomic E-state index is 6.35. The van der Waals surface area contributed by atoms with Gasteiger partial charge in [-0.1, -0.05) is 37.6 Å². The van der Waals surface area contributed by atoms with E-state index in [2.05, 4.69) is 31.3 Å². The molecule has 0 spiro atoms. The van der Waals surface area contributed by atoms with Crippen LogP contribution < -0.4 is 5.32 Å². The average molecular weight is 236 g/mol. The summed E-state index contributed by atoms with van der Waals surface area (Å²) in [7, 11) is 0. The van der Waals surface area contributed by atoms with Gasteiger partial charge in [-0.05, 0) is 34.9 Å². The Labute approximate surface area is 102 Å². The summed E-state index contributed by atoms with van der Waals surface area (Å²) in [5, 5.41) is 4.50. The van der Waals surface area contributed by atoms with Crippen molar-refractivity contribution in [2.45, 2.75) is 32.1 Å². The van der Waals surface area contributed by atoms with Crippen molar-refractivity contribution in [1.82, 2.24) is 5.32 Å². The van der Waals surface area contributed by atoms with Gasteiger partial charge in [-0.3, -0.25) is 0 Å². The van der Waals surface area contributed by atoms with Crippen LogP contribution in [0.1, 0.15) is 43.2 Å². The van der Waals surface area contributed by atoms with Crippen molar-refractivity contribution in [2.75, 3.05) is 13.1 Å². The zero-order chi connectivity index (χ0) is 11.3. The first-order valence-electron chi connectivity index (χ1n) is 6.11. The summed E-state index contributed by atoms with van der Waals surface area (Å²) in [5.41, 5.74) is 3.31. The van der Waals surface area contributed by atoms with Crippen LogP contribution in [0.3, 0.4) is 0 Å². The van der Waals surface area contributed by atoms with Gasteiger partial charge in [0.05, 0.1) is 0 Å². The number of rotatable bonds is 0. The molecule has 0 unspecified atom stereocenters. The fourth-order valence-corrected chi connectivity index (χ4v) is 4.12. The molecule has 0 amide bonds. The molecule has 1 heterocycles. The Morgan fingerprint density at radius 3 is 3.06 bits per heavy atom. The van der Waals surface area contributed by atoms with E-state index in [0.29, 0.717) is 17.3 Å². The average Bonchev–Trinajstić information content (AvgIpc) is 2.59. The number of nitrogens with one attached hydrogen (secondary N) is 1. The summed E-state index contributed by atoms with van der Waals surface area (Å²) in [6.45, 7) is 6.98. The summed E-state index contributed by atoms with van der Waals surface area (Å²) in [4.78, 5) is 0. The minimum atomic E-state index is 0.428. The lowest BCUT2D eigenvalue weighted by Gasteiger charge is -2.40. The standard InChI is InChI=1S/C14H18ClN/c1-9-6-14(2)8-16-7-11(14)10-4-3-5-12(15)13(9)10/h3-5,9,11,16H,6-8H2,1-2H3/t9-,11-,14-/m0/s1. The largest absolute Gasteiger partial charge is 0.316 e. The molecule has 1 saturated heterocycles. The van der Waals surface area contributed by atoms with E-state index in [0.717, 1.165) is 18.1 Å². The number of hydrogen-bond donors (Lipinski definition) is 1. The van der Waals surface area contributed by atoms with Gasteiger partial charge in [0, 0.05) is 24.0 Å². The molecule has 1 aromatic carbocycles. The lowest BCUT2D eigenvalue weighted by molar-refractivity contribution is 0.254. The van der Waals surface area contributed by atoms with Crippen LogP contribution in [0.25, 0.3) is 0 Å². The van der Waals surface area contributed by atoms with Crippen molar-refractivity contribution >= 4 is 11.6 Å². The molecule has 1 N–H and O–H groups in total. The van der Waals surface area contributed by atoms with E-state index in [1.807, 2.05) is 6.07 Å². The zero-order valence-electron chi connectivity index (χ0n) is 9.89. The second-order valence-electron chi connectivity index (χ2n) is 5.69. The Morgan fingerprint density at radius 1 is 1.44 bits per heavy atom. The molecular formula is C14H18ClN. The number of halogens is 1. The first-order valence-corrected chi connectivity index (χ1v) is 6.49. The predicted octanol–water partition coefficient (Wildman–Crippen LogP) is 3.54. The van der Waals surface area contributed by atoms with Gasteiger partial charge < -0.3 is 5.32 Å². The molecule has 1 nitrogen and oxygen atoms in total. The van der Waals surface area contributed by atoms with Gasteiger partial charge in [0.2, 0.25) is 0 Å². The third-order valence-electron chi connectivity index (χ3n) is 4.45. The van der Waals surface area contributed by atoms with Gasteiger partial charge in [0.1, 0.15) is 0 Å². The van der Waals surface area contributed by atoms with E-state index in [9.17, 15) is 0 Å². The summed E-state index contributed by atoms with van der Waals surface area (Å²) >= 11 is 6.35. The number of hydrogen-bond acceptors (Lipinski definition) is 1. The summed E-state index contributed by atoms with van der Waals surface area (Å²) in [5.74, 6) is 1.24. The molecule has 0 aromatic heterocycles. The molecule has 0 bridgehead atoms. The first-order chi connectivity index (χ1) is 7.62. The second kappa shape index (κ2) is 3.48. The topological polar surface area (TPSA) is 12.0 Å². The predicted molar refractivity (Wildman–Crippen MR) is 68.2 cm³/mol. The van der Waals surface area contributed by atoms with Crippen LogP contribution in [0.5, 0.6) is 0 Å². The van der Waals surface area contributed by atoms with E-state index < -0.39 is 0 Å². The molecule has 3 atom stereocenters. The van der Waals surface area contributed by atoms with Gasteiger partial charge >= 0.3 is 0 Å². The summed E-state index contributed by atoms with van der Waals surface area (Å²) < 4.78 is 0. The van der Waals surface area contributed by atoms with Crippen LogP contribution in [-0.2, 0) is 0 Å². The molecule has 0 radical (unpaired) electrons. The van der Waals surface area contributed by atoms with Crippen LogP contribution in [0.2, 0.25) is 5.02 Å². The SMILES string of the molecule is C[C@H]1C[C@@]2(C)CNC[C@H]2c2cccc(Cl)c21. The molecule has 86 valence electrons. The molecule has 1 aliphatic carbocycles. The molecule has 3 rings (SSSR count). The Kier molecular flexibility index (Phi) is 2.31. The first kappa shape index (κ1) is 10.6. The maximum Gasteiger partial charge on any atom is 0.0443 e. The van der Waals surface area contributed by atoms with Crippen LogP contribution in [-0.4, -0.2) is 13.1 Å². The van der Waals surface area contributed by atoms with E-state index in [-0.39, 0.29) is 0 Å². The number of benzene rings is 1. The van der Waals surface area contributed by atoms with Crippen LogP contribution >= 0.6 is 11.6 Å². The van der Waals surface area contributed by atoms with Gasteiger partial charge in [0.25, 0.3) is 0 Å². The quantitative estimate of drug-likeness (QED) is 0.725. The van der Waals surface area contributed by atoms with Gasteiger partial charge in [0.15, 0.2) is 0 Å². The normalized spacial score (nSPS) is 36.9. The summed E-state index contributed by atoms with van der Waals surface area (Å²) in [6.07, 6.45) is 1.25. The molecule has 1 aliphatic heterocycles. The Hall–Kier alpha value is -0.530. The monoisotopic (exact) mass is 235 g/mol. The fourth-order valence-electron chi connectivity index (χ4n) is 3.75. The van der Waals surface area contributed by atoms with Crippen LogP contribution in [0.15, 0.2) is 18.2 Å². The molecule has 0 saturated carbocycles. The number of fused-ring (bicyclic) bond motifs is 3.